The minimum atomic E-state index is -3.08. The first-order valence-electron chi connectivity index (χ1n) is 9.17. The number of aromatic nitrogens is 2. The Balaban J connectivity index is 1.52. The second-order valence-corrected chi connectivity index (χ2v) is 11.5. The number of carbonyl (C=O) groups is 1. The van der Waals surface area contributed by atoms with E-state index in [0.717, 1.165) is 17.3 Å². The number of aromatic amines is 1. The van der Waals surface area contributed by atoms with Gasteiger partial charge in [-0.3, -0.25) is 9.59 Å². The number of carbonyl (C=O) groups excluding carboxylic acids is 1. The average Bonchev–Trinajstić information content (AvgIpc) is 3.25. The molecule has 2 atom stereocenters. The highest BCUT2D eigenvalue weighted by molar-refractivity contribution is 8.00. The molecule has 1 aliphatic rings. The van der Waals surface area contributed by atoms with Gasteiger partial charge in [0.15, 0.2) is 15.0 Å². The summed E-state index contributed by atoms with van der Waals surface area (Å²) in [5.41, 5.74) is 1.06. The van der Waals surface area contributed by atoms with E-state index in [4.69, 9.17) is 0 Å². The van der Waals surface area contributed by atoms with Gasteiger partial charge in [0.25, 0.3) is 5.56 Å². The highest BCUT2D eigenvalue weighted by atomic mass is 32.2. The fourth-order valence-electron chi connectivity index (χ4n) is 3.28. The van der Waals surface area contributed by atoms with E-state index in [2.05, 4.69) is 15.3 Å². The Morgan fingerprint density at radius 2 is 2.10 bits per heavy atom. The average molecular weight is 468 g/mol. The molecule has 1 fully saturated rings. The van der Waals surface area contributed by atoms with Gasteiger partial charge in [0.2, 0.25) is 5.91 Å². The van der Waals surface area contributed by atoms with Crippen molar-refractivity contribution in [1.29, 1.82) is 0 Å². The van der Waals surface area contributed by atoms with E-state index in [-0.39, 0.29) is 34.8 Å². The lowest BCUT2D eigenvalue weighted by molar-refractivity contribution is -0.120. The zero-order valence-electron chi connectivity index (χ0n) is 15.8. The highest BCUT2D eigenvalue weighted by Crippen LogP contribution is 2.32. The van der Waals surface area contributed by atoms with Crippen LogP contribution < -0.4 is 10.9 Å². The van der Waals surface area contributed by atoms with Gasteiger partial charge in [0.05, 0.1) is 22.1 Å². The van der Waals surface area contributed by atoms with Crippen molar-refractivity contribution in [1.82, 2.24) is 15.3 Å². The first kappa shape index (κ1) is 21.0. The number of hydrogen-bond acceptors (Lipinski definition) is 7. The second kappa shape index (κ2) is 8.12. The molecule has 0 spiro atoms. The monoisotopic (exact) mass is 467 g/mol. The number of halogens is 1. The lowest BCUT2D eigenvalue weighted by atomic mass is 10.1. The standard InChI is InChI=1S/C19H18FN3O4S3/c1-10(16(24)21-13-6-7-30(26,27)9-13)29-19-22-17(25)15-14(8-28-18(15)23-19)11-2-4-12(20)5-3-11/h2-5,8,10,13H,6-7,9H2,1H3,(H,21,24)(H,22,23,25). The van der Waals surface area contributed by atoms with Crippen molar-refractivity contribution in [2.24, 2.45) is 0 Å². The molecule has 1 saturated heterocycles. The van der Waals surface area contributed by atoms with Gasteiger partial charge >= 0.3 is 0 Å². The van der Waals surface area contributed by atoms with Crippen molar-refractivity contribution < 1.29 is 17.6 Å². The number of rotatable bonds is 5. The van der Waals surface area contributed by atoms with Crippen molar-refractivity contribution >= 4 is 49.1 Å². The molecule has 1 aliphatic heterocycles. The first-order valence-corrected chi connectivity index (χ1v) is 12.7. The molecular weight excluding hydrogens is 449 g/mol. The van der Waals surface area contributed by atoms with E-state index in [1.165, 1.54) is 23.5 Å². The molecule has 2 N–H and O–H groups in total. The van der Waals surface area contributed by atoms with Crippen LogP contribution in [0.4, 0.5) is 4.39 Å². The maximum atomic E-state index is 13.2. The van der Waals surface area contributed by atoms with Gasteiger partial charge in [-0.05, 0) is 31.0 Å². The molecule has 158 valence electrons. The second-order valence-electron chi connectivity index (χ2n) is 7.08. The van der Waals surface area contributed by atoms with Crippen LogP contribution >= 0.6 is 23.1 Å². The zero-order valence-corrected chi connectivity index (χ0v) is 18.3. The fraction of sp³-hybridized carbons (Fsp3) is 0.316. The third kappa shape index (κ3) is 4.42. The summed E-state index contributed by atoms with van der Waals surface area (Å²) in [6.45, 7) is 1.67. The molecule has 0 bridgehead atoms. The molecule has 2 aromatic heterocycles. The fourth-order valence-corrected chi connectivity index (χ4v) is 6.76. The van der Waals surface area contributed by atoms with E-state index in [0.29, 0.717) is 27.4 Å². The molecule has 1 amide bonds. The summed E-state index contributed by atoms with van der Waals surface area (Å²) < 4.78 is 36.3. The molecule has 4 rings (SSSR count). The number of H-pyrrole nitrogens is 1. The van der Waals surface area contributed by atoms with Crippen molar-refractivity contribution in [3.63, 3.8) is 0 Å². The van der Waals surface area contributed by atoms with Gasteiger partial charge in [-0.1, -0.05) is 23.9 Å². The molecule has 0 radical (unpaired) electrons. The van der Waals surface area contributed by atoms with E-state index in [9.17, 15) is 22.4 Å². The number of thioether (sulfide) groups is 1. The molecule has 3 aromatic rings. The molecule has 3 heterocycles. The van der Waals surface area contributed by atoms with Crippen LogP contribution in [0.1, 0.15) is 13.3 Å². The minimum absolute atomic E-state index is 0.0431. The number of nitrogens with one attached hydrogen (secondary N) is 2. The zero-order chi connectivity index (χ0) is 21.5. The molecule has 30 heavy (non-hydrogen) atoms. The Bertz CT molecular complexity index is 1270. The third-order valence-electron chi connectivity index (χ3n) is 4.81. The van der Waals surface area contributed by atoms with Gasteiger partial charge in [0, 0.05) is 17.0 Å². The largest absolute Gasteiger partial charge is 0.351 e. The molecule has 0 aliphatic carbocycles. The third-order valence-corrected chi connectivity index (χ3v) is 8.44. The van der Waals surface area contributed by atoms with Crippen LogP contribution in [0.15, 0.2) is 39.6 Å². The summed E-state index contributed by atoms with van der Waals surface area (Å²) in [7, 11) is -3.08. The Labute approximate surface area is 180 Å². The van der Waals surface area contributed by atoms with Gasteiger partial charge in [-0.25, -0.2) is 17.8 Å². The number of nitrogens with zero attached hydrogens (tertiary/aromatic N) is 1. The number of hydrogen-bond donors (Lipinski definition) is 2. The smallest absolute Gasteiger partial charge is 0.260 e. The highest BCUT2D eigenvalue weighted by Gasteiger charge is 2.30. The maximum absolute atomic E-state index is 13.2. The molecule has 7 nitrogen and oxygen atoms in total. The SMILES string of the molecule is CC(Sc1nc2scc(-c3ccc(F)cc3)c2c(=O)[nH]1)C(=O)NC1CCS(=O)(=O)C1. The van der Waals surface area contributed by atoms with Crippen LogP contribution in [0.5, 0.6) is 0 Å². The normalized spacial score (nSPS) is 19.1. The summed E-state index contributed by atoms with van der Waals surface area (Å²) in [5, 5.41) is 4.71. The number of thiophene rings is 1. The van der Waals surface area contributed by atoms with Crippen LogP contribution in [-0.4, -0.2) is 47.1 Å². The van der Waals surface area contributed by atoms with Gasteiger partial charge in [-0.2, -0.15) is 0 Å². The Morgan fingerprint density at radius 1 is 1.37 bits per heavy atom. The van der Waals surface area contributed by atoms with Gasteiger partial charge < -0.3 is 10.3 Å². The quantitative estimate of drug-likeness (QED) is 0.441. The van der Waals surface area contributed by atoms with Crippen molar-refractivity contribution in [3.8, 4) is 11.1 Å². The lowest BCUT2D eigenvalue weighted by Crippen LogP contribution is -2.40. The van der Waals surface area contributed by atoms with Crippen LogP contribution in [0.25, 0.3) is 21.3 Å². The number of sulfone groups is 1. The predicted molar refractivity (Wildman–Crippen MR) is 116 cm³/mol. The van der Waals surface area contributed by atoms with E-state index in [1.54, 1.807) is 24.4 Å². The summed E-state index contributed by atoms with van der Waals surface area (Å²) in [4.78, 5) is 32.8. The summed E-state index contributed by atoms with van der Waals surface area (Å²) in [6.07, 6.45) is 0.411. The maximum Gasteiger partial charge on any atom is 0.260 e. The Hall–Kier alpha value is -2.24. The van der Waals surface area contributed by atoms with E-state index >= 15 is 0 Å². The van der Waals surface area contributed by atoms with Crippen molar-refractivity contribution in [3.05, 3.63) is 45.8 Å². The summed E-state index contributed by atoms with van der Waals surface area (Å²) >= 11 is 2.40. The van der Waals surface area contributed by atoms with Crippen LogP contribution in [0.2, 0.25) is 0 Å². The lowest BCUT2D eigenvalue weighted by Gasteiger charge is -2.15. The van der Waals surface area contributed by atoms with Crippen molar-refractivity contribution in [2.75, 3.05) is 11.5 Å². The van der Waals surface area contributed by atoms with Gasteiger partial charge in [-0.15, -0.1) is 11.3 Å². The molecule has 11 heteroatoms. The Kier molecular flexibility index (Phi) is 5.69. The first-order chi connectivity index (χ1) is 14.2. The number of fused-ring (bicyclic) bond motifs is 1. The summed E-state index contributed by atoms with van der Waals surface area (Å²) in [6, 6.07) is 5.50. The van der Waals surface area contributed by atoms with Crippen LogP contribution in [0, 0.1) is 5.82 Å². The molecule has 1 aromatic carbocycles. The van der Waals surface area contributed by atoms with Crippen LogP contribution in [0.3, 0.4) is 0 Å². The predicted octanol–water partition coefficient (Wildman–Crippen LogP) is 2.57. The van der Waals surface area contributed by atoms with Crippen LogP contribution in [-0.2, 0) is 14.6 Å². The van der Waals surface area contributed by atoms with Gasteiger partial charge in [0.1, 0.15) is 10.6 Å². The molecular formula is C19H18FN3O4S3. The van der Waals surface area contributed by atoms with E-state index in [1.807, 2.05) is 0 Å². The minimum Gasteiger partial charge on any atom is -0.351 e. The molecule has 0 saturated carbocycles. The summed E-state index contributed by atoms with van der Waals surface area (Å²) in [5.74, 6) is -0.618. The Morgan fingerprint density at radius 3 is 2.77 bits per heavy atom. The topological polar surface area (TPSA) is 109 Å². The molecule has 2 unspecified atom stereocenters. The van der Waals surface area contributed by atoms with E-state index < -0.39 is 15.1 Å². The number of amides is 1. The van der Waals surface area contributed by atoms with Crippen molar-refractivity contribution in [2.45, 2.75) is 29.8 Å². The number of benzene rings is 1.